The van der Waals surface area contributed by atoms with Gasteiger partial charge in [-0.3, -0.25) is 20.4 Å². The van der Waals surface area contributed by atoms with Crippen molar-refractivity contribution >= 4 is 11.8 Å². The second-order valence-electron chi connectivity index (χ2n) is 5.74. The van der Waals surface area contributed by atoms with Crippen LogP contribution in [0.25, 0.3) is 0 Å². The minimum absolute atomic E-state index is 0.170. The van der Waals surface area contributed by atoms with E-state index in [4.69, 9.17) is 9.47 Å². The lowest BCUT2D eigenvalue weighted by molar-refractivity contribution is -0.130. The van der Waals surface area contributed by atoms with E-state index in [1.165, 1.54) is 0 Å². The van der Waals surface area contributed by atoms with Gasteiger partial charge in [0.2, 0.25) is 5.91 Å². The Kier molecular flexibility index (Phi) is 7.49. The van der Waals surface area contributed by atoms with Gasteiger partial charge in [-0.15, -0.1) is 0 Å². The molecule has 0 unspecified atom stereocenters. The second-order valence-corrected chi connectivity index (χ2v) is 5.74. The predicted molar refractivity (Wildman–Crippen MR) is 98.9 cm³/mol. The number of hydrogen-bond donors (Lipinski definition) is 2. The van der Waals surface area contributed by atoms with E-state index in [0.29, 0.717) is 18.8 Å². The summed E-state index contributed by atoms with van der Waals surface area (Å²) in [4.78, 5) is 23.6. The summed E-state index contributed by atoms with van der Waals surface area (Å²) >= 11 is 0. The molecular formula is C20H24N2O4. The van der Waals surface area contributed by atoms with Crippen molar-refractivity contribution in [3.8, 4) is 11.5 Å². The molecule has 2 amide bonds. The number of hydrogen-bond acceptors (Lipinski definition) is 4. The largest absolute Gasteiger partial charge is 0.494 e. The van der Waals surface area contributed by atoms with Crippen molar-refractivity contribution in [2.45, 2.75) is 26.7 Å². The number of nitrogens with one attached hydrogen (secondary N) is 2. The Balaban J connectivity index is 1.70. The molecule has 0 fully saturated rings. The van der Waals surface area contributed by atoms with Crippen molar-refractivity contribution in [2.75, 3.05) is 13.2 Å². The highest BCUT2D eigenvalue weighted by Crippen LogP contribution is 2.19. The van der Waals surface area contributed by atoms with Gasteiger partial charge in [-0.05, 0) is 49.6 Å². The van der Waals surface area contributed by atoms with Gasteiger partial charge in [-0.1, -0.05) is 30.3 Å². The molecule has 2 aromatic carbocycles. The molecule has 0 aliphatic rings. The summed E-state index contributed by atoms with van der Waals surface area (Å²) in [7, 11) is 0. The van der Waals surface area contributed by atoms with Gasteiger partial charge in [-0.25, -0.2) is 0 Å². The van der Waals surface area contributed by atoms with Crippen LogP contribution in [0.1, 0.15) is 24.5 Å². The van der Waals surface area contributed by atoms with Gasteiger partial charge in [0.25, 0.3) is 5.91 Å². The van der Waals surface area contributed by atoms with Crippen molar-refractivity contribution in [1.82, 2.24) is 10.9 Å². The monoisotopic (exact) mass is 356 g/mol. The molecule has 0 heterocycles. The van der Waals surface area contributed by atoms with E-state index in [9.17, 15) is 9.59 Å². The molecule has 0 atom stereocenters. The van der Waals surface area contributed by atoms with Crippen molar-refractivity contribution in [2.24, 2.45) is 0 Å². The maximum atomic E-state index is 11.9. The molecule has 2 rings (SSSR count). The van der Waals surface area contributed by atoms with Crippen LogP contribution in [0.2, 0.25) is 0 Å². The smallest absolute Gasteiger partial charge is 0.276 e. The first-order chi connectivity index (χ1) is 12.6. The topological polar surface area (TPSA) is 76.7 Å². The van der Waals surface area contributed by atoms with Crippen LogP contribution < -0.4 is 20.3 Å². The standard InChI is InChI=1S/C20H24N2O4/c1-3-25-18-10-5-4-8-16(18)11-12-19(23)21-22-20(24)14-26-17-9-6-7-15(2)13-17/h4-10,13H,3,11-12,14H2,1-2H3,(H,21,23)(H,22,24). The maximum absolute atomic E-state index is 11.9. The van der Waals surface area contributed by atoms with Crippen LogP contribution in [0.5, 0.6) is 11.5 Å². The van der Waals surface area contributed by atoms with Crippen LogP contribution in [0.3, 0.4) is 0 Å². The van der Waals surface area contributed by atoms with Gasteiger partial charge in [0.05, 0.1) is 6.61 Å². The Bertz CT molecular complexity index is 746. The van der Waals surface area contributed by atoms with Gasteiger partial charge in [0.15, 0.2) is 6.61 Å². The molecule has 0 aromatic heterocycles. The number of ether oxygens (including phenoxy) is 2. The maximum Gasteiger partial charge on any atom is 0.276 e. The van der Waals surface area contributed by atoms with E-state index in [1.54, 1.807) is 6.07 Å². The van der Waals surface area contributed by atoms with Gasteiger partial charge in [0.1, 0.15) is 11.5 Å². The highest BCUT2D eigenvalue weighted by molar-refractivity contribution is 5.82. The number of amides is 2. The SMILES string of the molecule is CCOc1ccccc1CCC(=O)NNC(=O)COc1cccc(C)c1. The third-order valence-electron chi connectivity index (χ3n) is 3.59. The van der Waals surface area contributed by atoms with Crippen molar-refractivity contribution in [3.05, 3.63) is 59.7 Å². The van der Waals surface area contributed by atoms with E-state index < -0.39 is 5.91 Å². The van der Waals surface area contributed by atoms with Crippen LogP contribution in [-0.4, -0.2) is 25.0 Å². The molecule has 0 aliphatic heterocycles. The number of aryl methyl sites for hydroxylation is 2. The summed E-state index contributed by atoms with van der Waals surface area (Å²) in [6, 6.07) is 15.0. The summed E-state index contributed by atoms with van der Waals surface area (Å²) in [6.45, 7) is 4.26. The van der Waals surface area contributed by atoms with E-state index in [-0.39, 0.29) is 18.9 Å². The molecule has 6 nitrogen and oxygen atoms in total. The molecule has 0 spiro atoms. The molecule has 26 heavy (non-hydrogen) atoms. The Labute approximate surface area is 153 Å². The lowest BCUT2D eigenvalue weighted by Gasteiger charge is -2.11. The Morgan fingerprint density at radius 2 is 1.73 bits per heavy atom. The summed E-state index contributed by atoms with van der Waals surface area (Å²) < 4.78 is 10.9. The highest BCUT2D eigenvalue weighted by Gasteiger charge is 2.08. The summed E-state index contributed by atoms with van der Waals surface area (Å²) in [5, 5.41) is 0. The fourth-order valence-electron chi connectivity index (χ4n) is 2.35. The molecule has 0 saturated carbocycles. The lowest BCUT2D eigenvalue weighted by atomic mass is 10.1. The van der Waals surface area contributed by atoms with E-state index in [1.807, 2.05) is 56.3 Å². The first-order valence-electron chi connectivity index (χ1n) is 8.56. The second kappa shape index (κ2) is 10.1. The van der Waals surface area contributed by atoms with Gasteiger partial charge >= 0.3 is 0 Å². The van der Waals surface area contributed by atoms with Crippen LogP contribution >= 0.6 is 0 Å². The van der Waals surface area contributed by atoms with Crippen molar-refractivity contribution < 1.29 is 19.1 Å². The van der Waals surface area contributed by atoms with E-state index in [2.05, 4.69) is 10.9 Å². The van der Waals surface area contributed by atoms with Crippen LogP contribution in [-0.2, 0) is 16.0 Å². The van der Waals surface area contributed by atoms with Crippen LogP contribution in [0, 0.1) is 6.92 Å². The molecule has 6 heteroatoms. The Morgan fingerprint density at radius 1 is 0.962 bits per heavy atom. The number of hydrazine groups is 1. The van der Waals surface area contributed by atoms with Crippen molar-refractivity contribution in [1.29, 1.82) is 0 Å². The number of benzene rings is 2. The molecule has 0 aliphatic carbocycles. The third kappa shape index (κ3) is 6.47. The zero-order chi connectivity index (χ0) is 18.8. The summed E-state index contributed by atoms with van der Waals surface area (Å²) in [5.74, 6) is 0.687. The molecule has 0 saturated heterocycles. The zero-order valence-corrected chi connectivity index (χ0v) is 15.1. The van der Waals surface area contributed by atoms with E-state index >= 15 is 0 Å². The fraction of sp³-hybridized carbons (Fsp3) is 0.300. The third-order valence-corrected chi connectivity index (χ3v) is 3.59. The quantitative estimate of drug-likeness (QED) is 0.713. The normalized spacial score (nSPS) is 10.1. The number of para-hydroxylation sites is 1. The number of carbonyl (C=O) groups excluding carboxylic acids is 2. The molecule has 2 aromatic rings. The minimum Gasteiger partial charge on any atom is -0.494 e. The first-order valence-corrected chi connectivity index (χ1v) is 8.56. The van der Waals surface area contributed by atoms with Crippen LogP contribution in [0.4, 0.5) is 0 Å². The molecule has 0 radical (unpaired) electrons. The summed E-state index contributed by atoms with van der Waals surface area (Å²) in [5.41, 5.74) is 6.74. The van der Waals surface area contributed by atoms with E-state index in [0.717, 1.165) is 16.9 Å². The predicted octanol–water partition coefficient (Wildman–Crippen LogP) is 2.55. The molecule has 0 bridgehead atoms. The molecule has 138 valence electrons. The first kappa shape index (κ1) is 19.3. The average Bonchev–Trinajstić information content (AvgIpc) is 2.64. The molecular weight excluding hydrogens is 332 g/mol. The Hall–Kier alpha value is -3.02. The van der Waals surface area contributed by atoms with Gasteiger partial charge in [0, 0.05) is 6.42 Å². The van der Waals surface area contributed by atoms with Gasteiger partial charge in [-0.2, -0.15) is 0 Å². The highest BCUT2D eigenvalue weighted by atomic mass is 16.5. The Morgan fingerprint density at radius 3 is 2.50 bits per heavy atom. The average molecular weight is 356 g/mol. The fourth-order valence-corrected chi connectivity index (χ4v) is 2.35. The van der Waals surface area contributed by atoms with Gasteiger partial charge < -0.3 is 9.47 Å². The zero-order valence-electron chi connectivity index (χ0n) is 15.1. The summed E-state index contributed by atoms with van der Waals surface area (Å²) in [6.07, 6.45) is 0.765. The number of rotatable bonds is 8. The molecule has 2 N–H and O–H groups in total. The number of carbonyl (C=O) groups is 2. The minimum atomic E-state index is -0.422. The lowest BCUT2D eigenvalue weighted by Crippen LogP contribution is -2.43. The van der Waals surface area contributed by atoms with Crippen LogP contribution in [0.15, 0.2) is 48.5 Å². The van der Waals surface area contributed by atoms with Crippen molar-refractivity contribution in [3.63, 3.8) is 0 Å².